The number of furan rings is 1. The van der Waals surface area contributed by atoms with Gasteiger partial charge in [0.2, 0.25) is 5.91 Å². The molecule has 1 saturated carbocycles. The Morgan fingerprint density at radius 3 is 2.60 bits per heavy atom. The fourth-order valence-corrected chi connectivity index (χ4v) is 4.46. The minimum Gasteiger partial charge on any atom is -0.478 e. The molecule has 6 heteroatoms. The molecule has 0 radical (unpaired) electrons. The second-order valence-corrected chi connectivity index (χ2v) is 8.38. The number of fused-ring (bicyclic) bond motifs is 1. The van der Waals surface area contributed by atoms with Crippen LogP contribution in [0.1, 0.15) is 56.1 Å². The highest BCUT2D eigenvalue weighted by Crippen LogP contribution is 2.36. The smallest absolute Gasteiger partial charge is 0.268 e. The van der Waals surface area contributed by atoms with E-state index < -0.39 is 6.10 Å². The Labute approximate surface area is 177 Å². The maximum atomic E-state index is 13.5. The number of carbonyl (C=O) groups is 2. The van der Waals surface area contributed by atoms with Crippen LogP contribution in [0.2, 0.25) is 0 Å². The van der Waals surface area contributed by atoms with Gasteiger partial charge in [-0.1, -0.05) is 25.8 Å². The van der Waals surface area contributed by atoms with Crippen LogP contribution in [0.5, 0.6) is 5.75 Å². The summed E-state index contributed by atoms with van der Waals surface area (Å²) in [4.78, 5) is 30.1. The van der Waals surface area contributed by atoms with Crippen LogP contribution in [0.25, 0.3) is 0 Å². The number of carbonyl (C=O) groups excluding carboxylic acids is 2. The first kappa shape index (κ1) is 20.5. The number of hydrogen-bond donors (Lipinski definition) is 0. The van der Waals surface area contributed by atoms with Gasteiger partial charge in [-0.15, -0.1) is 0 Å². The normalized spacial score (nSPS) is 19.0. The lowest BCUT2D eigenvalue weighted by molar-refractivity contribution is -0.135. The number of aryl methyl sites for hydroxylation is 2. The molecule has 0 spiro atoms. The third kappa shape index (κ3) is 4.09. The topological polar surface area (TPSA) is 63.0 Å². The molecule has 2 aromatic rings. The molecule has 1 fully saturated rings. The largest absolute Gasteiger partial charge is 0.478 e. The second kappa shape index (κ2) is 8.54. The Balaban J connectivity index is 1.60. The van der Waals surface area contributed by atoms with Crippen molar-refractivity contribution in [3.8, 4) is 5.75 Å². The average Bonchev–Trinajstić information content (AvgIpc) is 3.40. The van der Waals surface area contributed by atoms with Crippen molar-refractivity contribution >= 4 is 17.5 Å². The first-order valence-corrected chi connectivity index (χ1v) is 10.9. The number of ether oxygens (including phenoxy) is 1. The van der Waals surface area contributed by atoms with Crippen LogP contribution in [0.15, 0.2) is 34.7 Å². The number of rotatable bonds is 6. The van der Waals surface area contributed by atoms with E-state index in [-0.39, 0.29) is 24.4 Å². The molecule has 2 amide bonds. The van der Waals surface area contributed by atoms with Gasteiger partial charge in [0.25, 0.3) is 5.91 Å². The summed E-state index contributed by atoms with van der Waals surface area (Å²) in [6.45, 7) is 6.26. The zero-order chi connectivity index (χ0) is 21.3. The number of nitrogens with zero attached hydrogens (tertiary/aromatic N) is 2. The van der Waals surface area contributed by atoms with E-state index in [0.717, 1.165) is 42.8 Å². The Morgan fingerprint density at radius 1 is 1.17 bits per heavy atom. The van der Waals surface area contributed by atoms with E-state index in [1.807, 2.05) is 56.0 Å². The van der Waals surface area contributed by atoms with Crippen molar-refractivity contribution in [3.63, 3.8) is 0 Å². The van der Waals surface area contributed by atoms with Gasteiger partial charge < -0.3 is 14.1 Å². The van der Waals surface area contributed by atoms with Gasteiger partial charge in [0.15, 0.2) is 6.10 Å². The highest BCUT2D eigenvalue weighted by molar-refractivity contribution is 6.04. The average molecular weight is 411 g/mol. The van der Waals surface area contributed by atoms with Crippen LogP contribution in [0.3, 0.4) is 0 Å². The van der Waals surface area contributed by atoms with Gasteiger partial charge in [-0.2, -0.15) is 0 Å². The summed E-state index contributed by atoms with van der Waals surface area (Å²) in [5.74, 6) is 2.08. The van der Waals surface area contributed by atoms with Crippen LogP contribution in [-0.2, 0) is 16.1 Å². The third-order valence-electron chi connectivity index (χ3n) is 6.09. The van der Waals surface area contributed by atoms with Crippen molar-refractivity contribution in [3.05, 3.63) is 47.4 Å². The predicted molar refractivity (Wildman–Crippen MR) is 114 cm³/mol. The molecule has 0 N–H and O–H groups in total. The Morgan fingerprint density at radius 2 is 1.93 bits per heavy atom. The van der Waals surface area contributed by atoms with E-state index in [4.69, 9.17) is 9.15 Å². The summed E-state index contributed by atoms with van der Waals surface area (Å²) in [5, 5.41) is 0. The number of amides is 2. The van der Waals surface area contributed by atoms with Crippen molar-refractivity contribution in [2.45, 2.75) is 71.6 Å². The summed E-state index contributed by atoms with van der Waals surface area (Å²) in [7, 11) is 0. The van der Waals surface area contributed by atoms with Crippen molar-refractivity contribution < 1.29 is 18.7 Å². The molecule has 0 unspecified atom stereocenters. The Bertz CT molecular complexity index is 929. The summed E-state index contributed by atoms with van der Waals surface area (Å²) in [6, 6.07) is 9.81. The first-order chi connectivity index (χ1) is 14.5. The minimum absolute atomic E-state index is 0.0192. The van der Waals surface area contributed by atoms with Crippen molar-refractivity contribution in [1.29, 1.82) is 0 Å². The quantitative estimate of drug-likeness (QED) is 0.709. The van der Waals surface area contributed by atoms with E-state index in [9.17, 15) is 9.59 Å². The Hall–Kier alpha value is -2.76. The summed E-state index contributed by atoms with van der Waals surface area (Å²) in [6.07, 6.45) is 4.26. The van der Waals surface area contributed by atoms with Crippen LogP contribution < -0.4 is 9.64 Å². The van der Waals surface area contributed by atoms with Gasteiger partial charge in [-0.3, -0.25) is 14.5 Å². The van der Waals surface area contributed by atoms with Crippen LogP contribution in [-0.4, -0.2) is 35.4 Å². The molecular formula is C24H30N2O4. The molecule has 4 rings (SSSR count). The zero-order valence-electron chi connectivity index (χ0n) is 18.0. The SMILES string of the molecule is CC[C@@H]1Oc2ccc(C)cc2N(CC(=O)N(Cc2ccc(C)o2)C2CCCC2)C1=O. The molecule has 2 heterocycles. The molecule has 0 saturated heterocycles. The molecule has 30 heavy (non-hydrogen) atoms. The lowest BCUT2D eigenvalue weighted by atomic mass is 10.1. The number of anilines is 1. The molecule has 2 aliphatic rings. The van der Waals surface area contributed by atoms with Gasteiger partial charge in [-0.05, 0) is 62.9 Å². The number of hydrogen-bond acceptors (Lipinski definition) is 4. The van der Waals surface area contributed by atoms with E-state index in [1.165, 1.54) is 0 Å². The molecule has 1 aliphatic heterocycles. The van der Waals surface area contributed by atoms with Gasteiger partial charge >= 0.3 is 0 Å². The minimum atomic E-state index is -0.555. The highest BCUT2D eigenvalue weighted by Gasteiger charge is 2.36. The first-order valence-electron chi connectivity index (χ1n) is 10.9. The molecule has 1 aromatic heterocycles. The standard InChI is InChI=1S/C24H30N2O4/c1-4-21-24(28)26(20-13-16(2)9-12-22(20)30-21)15-23(27)25(18-7-5-6-8-18)14-19-11-10-17(3)29-19/h9-13,18,21H,4-8,14-15H2,1-3H3/t21-/m0/s1. The fourth-order valence-electron chi connectivity index (χ4n) is 4.46. The maximum absolute atomic E-state index is 13.5. The summed E-state index contributed by atoms with van der Waals surface area (Å²) in [5.41, 5.74) is 1.70. The van der Waals surface area contributed by atoms with E-state index >= 15 is 0 Å². The molecule has 1 aliphatic carbocycles. The van der Waals surface area contributed by atoms with E-state index in [2.05, 4.69) is 0 Å². The molecule has 1 aromatic carbocycles. The zero-order valence-corrected chi connectivity index (χ0v) is 18.0. The second-order valence-electron chi connectivity index (χ2n) is 8.38. The molecule has 0 bridgehead atoms. The van der Waals surface area contributed by atoms with E-state index in [1.54, 1.807) is 4.90 Å². The maximum Gasteiger partial charge on any atom is 0.268 e. The van der Waals surface area contributed by atoms with E-state index in [0.29, 0.717) is 24.4 Å². The predicted octanol–water partition coefficient (Wildman–Crippen LogP) is 4.37. The molecule has 1 atom stereocenters. The highest BCUT2D eigenvalue weighted by atomic mass is 16.5. The monoisotopic (exact) mass is 410 g/mol. The summed E-state index contributed by atoms with van der Waals surface area (Å²) < 4.78 is 11.6. The van der Waals surface area contributed by atoms with Crippen LogP contribution in [0.4, 0.5) is 5.69 Å². The van der Waals surface area contributed by atoms with Gasteiger partial charge in [0.05, 0.1) is 12.2 Å². The lowest BCUT2D eigenvalue weighted by Gasteiger charge is -2.36. The Kier molecular flexibility index (Phi) is 5.84. The molecule has 160 valence electrons. The third-order valence-corrected chi connectivity index (χ3v) is 6.09. The molecular weight excluding hydrogens is 380 g/mol. The van der Waals surface area contributed by atoms with Gasteiger partial charge in [0, 0.05) is 6.04 Å². The summed E-state index contributed by atoms with van der Waals surface area (Å²) >= 11 is 0. The lowest BCUT2D eigenvalue weighted by Crippen LogP contribution is -2.51. The van der Waals surface area contributed by atoms with Crippen molar-refractivity contribution in [1.82, 2.24) is 4.90 Å². The van der Waals surface area contributed by atoms with Gasteiger partial charge in [-0.25, -0.2) is 0 Å². The van der Waals surface area contributed by atoms with Crippen LogP contribution >= 0.6 is 0 Å². The fraction of sp³-hybridized carbons (Fsp3) is 0.500. The van der Waals surface area contributed by atoms with Crippen molar-refractivity contribution in [2.75, 3.05) is 11.4 Å². The van der Waals surface area contributed by atoms with Crippen molar-refractivity contribution in [2.24, 2.45) is 0 Å². The van der Waals surface area contributed by atoms with Gasteiger partial charge in [0.1, 0.15) is 23.8 Å². The number of benzene rings is 1. The van der Waals surface area contributed by atoms with Crippen LogP contribution in [0, 0.1) is 13.8 Å². The molecule has 6 nitrogen and oxygen atoms in total.